The largest absolute Gasteiger partial charge is 0.384 e. The number of ether oxygens (including phenoxy) is 1. The summed E-state index contributed by atoms with van der Waals surface area (Å²) in [5.41, 5.74) is 2.08. The summed E-state index contributed by atoms with van der Waals surface area (Å²) in [6.45, 7) is 8.74. The summed E-state index contributed by atoms with van der Waals surface area (Å²) in [5, 5.41) is 12.7. The summed E-state index contributed by atoms with van der Waals surface area (Å²) in [4.78, 5) is 2.20. The molecule has 0 aromatic rings. The number of methoxy groups -OCH3 is 1. The van der Waals surface area contributed by atoms with Crippen LogP contribution in [0.4, 0.5) is 0 Å². The van der Waals surface area contributed by atoms with E-state index in [0.717, 1.165) is 38.3 Å². The zero-order valence-corrected chi connectivity index (χ0v) is 11.1. The molecule has 0 radical (unpaired) electrons. The van der Waals surface area contributed by atoms with Crippen LogP contribution >= 0.6 is 0 Å². The van der Waals surface area contributed by atoms with Crippen LogP contribution in [-0.2, 0) is 4.74 Å². The van der Waals surface area contributed by atoms with Gasteiger partial charge < -0.3 is 15.0 Å². The third-order valence-corrected chi connectivity index (χ3v) is 3.12. The molecule has 1 rings (SSSR count). The third-order valence-electron chi connectivity index (χ3n) is 3.12. The van der Waals surface area contributed by atoms with E-state index in [9.17, 15) is 5.26 Å². The topological polar surface area (TPSA) is 48.3 Å². The monoisotopic (exact) mass is 237 g/mol. The minimum Gasteiger partial charge on any atom is -0.384 e. The number of nitriles is 1. The fraction of sp³-hybridized carbons (Fsp3) is 0.769. The molecule has 1 aliphatic rings. The van der Waals surface area contributed by atoms with Gasteiger partial charge in [-0.1, -0.05) is 13.8 Å². The van der Waals surface area contributed by atoms with Gasteiger partial charge in [0.2, 0.25) is 0 Å². The van der Waals surface area contributed by atoms with Gasteiger partial charge in [-0.2, -0.15) is 5.26 Å². The van der Waals surface area contributed by atoms with E-state index in [4.69, 9.17) is 4.74 Å². The van der Waals surface area contributed by atoms with E-state index in [0.29, 0.717) is 12.5 Å². The fourth-order valence-corrected chi connectivity index (χ4v) is 2.13. The van der Waals surface area contributed by atoms with Crippen molar-refractivity contribution >= 4 is 0 Å². The van der Waals surface area contributed by atoms with Gasteiger partial charge in [0.05, 0.1) is 6.61 Å². The smallest absolute Gasteiger partial charge is 0.117 e. The van der Waals surface area contributed by atoms with Crippen molar-refractivity contribution in [3.05, 3.63) is 11.3 Å². The van der Waals surface area contributed by atoms with Crippen molar-refractivity contribution < 1.29 is 4.74 Å². The third kappa shape index (κ3) is 4.03. The van der Waals surface area contributed by atoms with E-state index in [2.05, 4.69) is 30.1 Å². The lowest BCUT2D eigenvalue weighted by atomic mass is 9.97. The Balaban J connectivity index is 2.86. The summed E-state index contributed by atoms with van der Waals surface area (Å²) >= 11 is 0. The molecule has 1 N–H and O–H groups in total. The molecule has 0 aromatic carbocycles. The molecule has 0 aliphatic carbocycles. The number of rotatable bonds is 5. The number of nitrogens with one attached hydrogen (secondary N) is 1. The van der Waals surface area contributed by atoms with Crippen LogP contribution in [0.25, 0.3) is 0 Å². The summed E-state index contributed by atoms with van der Waals surface area (Å²) in [5.74, 6) is 0.398. The summed E-state index contributed by atoms with van der Waals surface area (Å²) in [6, 6.07) is 2.38. The highest BCUT2D eigenvalue weighted by molar-refractivity contribution is 5.28. The highest BCUT2D eigenvalue weighted by Gasteiger charge is 2.18. The minimum atomic E-state index is 0.398. The zero-order valence-electron chi connectivity index (χ0n) is 11.1. The summed E-state index contributed by atoms with van der Waals surface area (Å²) in [6.07, 6.45) is 0.848. The van der Waals surface area contributed by atoms with Crippen LogP contribution in [0.5, 0.6) is 0 Å². The van der Waals surface area contributed by atoms with Crippen molar-refractivity contribution in [2.45, 2.75) is 20.3 Å². The lowest BCUT2D eigenvalue weighted by Crippen LogP contribution is -2.43. The van der Waals surface area contributed by atoms with Gasteiger partial charge in [0, 0.05) is 33.3 Å². The van der Waals surface area contributed by atoms with E-state index in [1.807, 2.05) is 0 Å². The van der Waals surface area contributed by atoms with Gasteiger partial charge in [0.15, 0.2) is 0 Å². The van der Waals surface area contributed by atoms with Crippen molar-refractivity contribution in [3.63, 3.8) is 0 Å². The Kier molecular flexibility index (Phi) is 6.03. The molecule has 4 heteroatoms. The number of allylic oxidation sites excluding steroid dienone is 1. The molecule has 17 heavy (non-hydrogen) atoms. The first-order valence-corrected chi connectivity index (χ1v) is 6.28. The first-order valence-electron chi connectivity index (χ1n) is 6.28. The predicted molar refractivity (Wildman–Crippen MR) is 68.4 cm³/mol. The Labute approximate surface area is 104 Å². The molecule has 0 spiro atoms. The molecule has 1 aliphatic heterocycles. The highest BCUT2D eigenvalue weighted by Crippen LogP contribution is 2.21. The van der Waals surface area contributed by atoms with E-state index >= 15 is 0 Å². The van der Waals surface area contributed by atoms with E-state index in [1.165, 1.54) is 5.57 Å². The molecule has 0 aromatic heterocycles. The average Bonchev–Trinajstić information content (AvgIpc) is 2.35. The molecule has 0 unspecified atom stereocenters. The molecule has 0 saturated carbocycles. The fourth-order valence-electron chi connectivity index (χ4n) is 2.13. The van der Waals surface area contributed by atoms with Gasteiger partial charge in [-0.15, -0.1) is 0 Å². The van der Waals surface area contributed by atoms with Crippen molar-refractivity contribution in [2.24, 2.45) is 5.92 Å². The molecule has 96 valence electrons. The van der Waals surface area contributed by atoms with Crippen LogP contribution in [-0.4, -0.2) is 44.8 Å². The van der Waals surface area contributed by atoms with Gasteiger partial charge >= 0.3 is 0 Å². The van der Waals surface area contributed by atoms with Crippen molar-refractivity contribution in [3.8, 4) is 6.07 Å². The van der Waals surface area contributed by atoms with Crippen LogP contribution in [0.1, 0.15) is 20.3 Å². The Hall–Kier alpha value is -1.05. The number of hydrogen-bond acceptors (Lipinski definition) is 4. The van der Waals surface area contributed by atoms with Gasteiger partial charge in [0.1, 0.15) is 11.8 Å². The number of nitrogens with zero attached hydrogens (tertiary/aromatic N) is 2. The zero-order chi connectivity index (χ0) is 12.7. The lowest BCUT2D eigenvalue weighted by molar-refractivity contribution is 0.198. The van der Waals surface area contributed by atoms with Gasteiger partial charge in [-0.25, -0.2) is 0 Å². The second-order valence-electron chi connectivity index (χ2n) is 4.62. The van der Waals surface area contributed by atoms with Crippen LogP contribution < -0.4 is 5.32 Å². The van der Waals surface area contributed by atoms with Crippen LogP contribution in [0.3, 0.4) is 0 Å². The van der Waals surface area contributed by atoms with Gasteiger partial charge in [-0.3, -0.25) is 0 Å². The summed E-state index contributed by atoms with van der Waals surface area (Å²) < 4.78 is 5.13. The van der Waals surface area contributed by atoms with E-state index in [-0.39, 0.29) is 0 Å². The maximum absolute atomic E-state index is 9.39. The van der Waals surface area contributed by atoms with Crippen molar-refractivity contribution in [2.75, 3.05) is 39.9 Å². The quantitative estimate of drug-likeness (QED) is 0.734. The van der Waals surface area contributed by atoms with E-state index in [1.54, 1.807) is 7.11 Å². The first kappa shape index (κ1) is 14.0. The Morgan fingerprint density at radius 1 is 1.41 bits per heavy atom. The molecule has 1 fully saturated rings. The molecule has 0 amide bonds. The molecule has 0 atom stereocenters. The molecule has 1 saturated heterocycles. The second-order valence-corrected chi connectivity index (χ2v) is 4.62. The van der Waals surface area contributed by atoms with Crippen molar-refractivity contribution in [1.29, 1.82) is 5.26 Å². The normalized spacial score (nSPS) is 17.9. The Morgan fingerprint density at radius 2 is 2.06 bits per heavy atom. The maximum atomic E-state index is 9.39. The minimum absolute atomic E-state index is 0.398. The molecule has 0 bridgehead atoms. The number of piperazine rings is 1. The van der Waals surface area contributed by atoms with Crippen molar-refractivity contribution in [1.82, 2.24) is 10.2 Å². The molecule has 4 nitrogen and oxygen atoms in total. The van der Waals surface area contributed by atoms with Gasteiger partial charge in [-0.05, 0) is 17.9 Å². The predicted octanol–water partition coefficient (Wildman–Crippen LogP) is 1.36. The highest BCUT2D eigenvalue weighted by atomic mass is 16.5. The first-order chi connectivity index (χ1) is 8.20. The standard InChI is InChI=1S/C13H23N3O/c1-11(2)12(4-9-17-3)13(10-14)16-7-5-15-6-8-16/h11,15H,4-9H2,1-3H3. The SMILES string of the molecule is COCCC(=C(C#N)N1CCNCC1)C(C)C. The van der Waals surface area contributed by atoms with Crippen LogP contribution in [0.2, 0.25) is 0 Å². The molecule has 1 heterocycles. The average molecular weight is 237 g/mol. The van der Waals surface area contributed by atoms with Crippen LogP contribution in [0.15, 0.2) is 11.3 Å². The van der Waals surface area contributed by atoms with Gasteiger partial charge in [0.25, 0.3) is 0 Å². The maximum Gasteiger partial charge on any atom is 0.117 e. The Bertz CT molecular complexity index is 298. The second kappa shape index (κ2) is 7.31. The Morgan fingerprint density at radius 3 is 2.53 bits per heavy atom. The molecular weight excluding hydrogens is 214 g/mol. The number of hydrogen-bond donors (Lipinski definition) is 1. The van der Waals surface area contributed by atoms with E-state index < -0.39 is 0 Å². The summed E-state index contributed by atoms with van der Waals surface area (Å²) in [7, 11) is 1.70. The lowest BCUT2D eigenvalue weighted by Gasteiger charge is -2.31. The van der Waals surface area contributed by atoms with Crippen LogP contribution in [0, 0.1) is 17.2 Å². The molecular formula is C13H23N3O.